The molecule has 2 aromatic heterocycles. The molecule has 2 heterocycles. The van der Waals surface area contributed by atoms with Crippen molar-refractivity contribution >= 4 is 71.2 Å². The van der Waals surface area contributed by atoms with Crippen molar-refractivity contribution in [3.63, 3.8) is 0 Å². The highest BCUT2D eigenvalue weighted by atomic mass is 32.1. The van der Waals surface area contributed by atoms with Crippen LogP contribution in [0.25, 0.3) is 42.3 Å². The van der Waals surface area contributed by atoms with Crippen LogP contribution in [0.2, 0.25) is 0 Å². The number of rotatable bonds is 5. The summed E-state index contributed by atoms with van der Waals surface area (Å²) in [4.78, 5) is 5.35. The van der Waals surface area contributed by atoms with Crippen LogP contribution >= 0.6 is 11.3 Å². The second-order valence-electron chi connectivity index (χ2n) is 10.7. The zero-order valence-corrected chi connectivity index (χ0v) is 24.8. The lowest BCUT2D eigenvalue weighted by atomic mass is 10.0. The molecule has 0 saturated heterocycles. The molecule has 1 nitrogen and oxygen atoms in total. The Morgan fingerprint density at radius 2 is 0.857 bits per heavy atom. The smallest absolute Gasteiger partial charge is 0.179 e. The average Bonchev–Trinajstić information content (AvgIpc) is 3.46. The maximum atomic E-state index is 5.35. The SMILES string of the molecule is c1ccc([Si](c2ccccc2)(c2ccccc2)c2ccc(-c3nc4c5ccccc5sc4c4ccccc34)cc2)cc1. The van der Waals surface area contributed by atoms with E-state index in [4.69, 9.17) is 4.98 Å². The van der Waals surface area contributed by atoms with Crippen LogP contribution in [-0.4, -0.2) is 13.1 Å². The summed E-state index contributed by atoms with van der Waals surface area (Å²) >= 11 is 1.84. The van der Waals surface area contributed by atoms with Crippen molar-refractivity contribution in [3.8, 4) is 11.3 Å². The monoisotopic (exact) mass is 569 g/mol. The Morgan fingerprint density at radius 3 is 1.43 bits per heavy atom. The van der Waals surface area contributed by atoms with Gasteiger partial charge in [-0.15, -0.1) is 11.3 Å². The normalized spacial score (nSPS) is 11.8. The molecule has 0 spiro atoms. The third kappa shape index (κ3) is 3.86. The Morgan fingerprint density at radius 1 is 0.405 bits per heavy atom. The van der Waals surface area contributed by atoms with Crippen LogP contribution in [0.5, 0.6) is 0 Å². The van der Waals surface area contributed by atoms with Crippen molar-refractivity contribution in [1.82, 2.24) is 4.98 Å². The van der Waals surface area contributed by atoms with Gasteiger partial charge in [0.25, 0.3) is 0 Å². The van der Waals surface area contributed by atoms with E-state index in [1.165, 1.54) is 46.3 Å². The van der Waals surface area contributed by atoms with E-state index in [-0.39, 0.29) is 0 Å². The summed E-state index contributed by atoms with van der Waals surface area (Å²) in [6.45, 7) is 0. The van der Waals surface area contributed by atoms with Gasteiger partial charge in [-0.25, -0.2) is 4.98 Å². The Hall–Kier alpha value is -4.83. The maximum Gasteiger partial charge on any atom is 0.179 e. The molecule has 0 fully saturated rings. The number of benzene rings is 6. The molecule has 3 heteroatoms. The quantitative estimate of drug-likeness (QED) is 0.153. The molecule has 0 amide bonds. The van der Waals surface area contributed by atoms with Gasteiger partial charge in [0.05, 0.1) is 15.9 Å². The van der Waals surface area contributed by atoms with E-state index in [1.807, 2.05) is 11.3 Å². The first-order valence-electron chi connectivity index (χ1n) is 14.3. The van der Waals surface area contributed by atoms with Gasteiger partial charge in [0, 0.05) is 26.4 Å². The molecular weight excluding hydrogens is 543 g/mol. The Labute approximate surface area is 250 Å². The number of hydrogen-bond donors (Lipinski definition) is 0. The Bertz CT molecular complexity index is 2070. The van der Waals surface area contributed by atoms with E-state index < -0.39 is 8.07 Å². The van der Waals surface area contributed by atoms with Gasteiger partial charge >= 0.3 is 0 Å². The fourth-order valence-corrected chi connectivity index (χ4v) is 12.5. The zero-order valence-electron chi connectivity index (χ0n) is 22.9. The maximum absolute atomic E-state index is 5.35. The Balaban J connectivity index is 1.38. The Kier molecular flexibility index (Phi) is 6.06. The van der Waals surface area contributed by atoms with E-state index >= 15 is 0 Å². The highest BCUT2D eigenvalue weighted by Gasteiger charge is 2.41. The molecule has 0 atom stereocenters. The van der Waals surface area contributed by atoms with E-state index in [0.717, 1.165) is 16.8 Å². The molecule has 0 unspecified atom stereocenters. The molecule has 0 N–H and O–H groups in total. The molecule has 42 heavy (non-hydrogen) atoms. The summed E-state index contributed by atoms with van der Waals surface area (Å²) in [7, 11) is -2.57. The van der Waals surface area contributed by atoms with Crippen LogP contribution in [0.4, 0.5) is 0 Å². The van der Waals surface area contributed by atoms with E-state index in [9.17, 15) is 0 Å². The molecule has 0 aliphatic carbocycles. The first-order valence-corrected chi connectivity index (χ1v) is 17.1. The highest BCUT2D eigenvalue weighted by Crippen LogP contribution is 2.40. The van der Waals surface area contributed by atoms with Gasteiger partial charge in [-0.05, 0) is 26.8 Å². The molecule has 198 valence electrons. The minimum absolute atomic E-state index is 1.04. The van der Waals surface area contributed by atoms with Crippen LogP contribution in [0.3, 0.4) is 0 Å². The summed E-state index contributed by atoms with van der Waals surface area (Å²) in [6.07, 6.45) is 0. The summed E-state index contributed by atoms with van der Waals surface area (Å²) in [5.41, 5.74) is 3.28. The van der Waals surface area contributed by atoms with Crippen molar-refractivity contribution in [2.24, 2.45) is 0 Å². The number of nitrogens with zero attached hydrogens (tertiary/aromatic N) is 1. The standard InChI is InChI=1S/C39H27NSSi/c1-4-14-29(15-5-1)42(30-16-6-2-7-17-30,31-18-8-3-9-19-31)32-26-24-28(25-27-32)37-33-20-10-11-21-34(33)39-38(40-37)35-22-12-13-23-36(35)41-39/h1-27H. The second-order valence-corrected chi connectivity index (χ2v) is 15.6. The van der Waals surface area contributed by atoms with E-state index in [1.54, 1.807) is 0 Å². The number of hydrogen-bond acceptors (Lipinski definition) is 2. The molecule has 0 bridgehead atoms. The predicted octanol–water partition coefficient (Wildman–Crippen LogP) is 7.65. The molecule has 0 aliphatic rings. The van der Waals surface area contributed by atoms with Gasteiger partial charge < -0.3 is 0 Å². The molecule has 0 radical (unpaired) electrons. The highest BCUT2D eigenvalue weighted by molar-refractivity contribution is 7.26. The van der Waals surface area contributed by atoms with Crippen molar-refractivity contribution < 1.29 is 0 Å². The molecule has 0 saturated carbocycles. The summed E-state index contributed by atoms with van der Waals surface area (Å²) in [5.74, 6) is 0. The minimum atomic E-state index is -2.57. The van der Waals surface area contributed by atoms with Crippen LogP contribution in [0, 0.1) is 0 Å². The van der Waals surface area contributed by atoms with Gasteiger partial charge in [-0.3, -0.25) is 0 Å². The zero-order chi connectivity index (χ0) is 27.9. The van der Waals surface area contributed by atoms with Crippen LogP contribution < -0.4 is 20.7 Å². The van der Waals surface area contributed by atoms with Crippen molar-refractivity contribution in [2.75, 3.05) is 0 Å². The molecule has 6 aromatic carbocycles. The fraction of sp³-hybridized carbons (Fsp3) is 0. The largest absolute Gasteiger partial charge is 0.246 e. The van der Waals surface area contributed by atoms with Gasteiger partial charge in [0.2, 0.25) is 0 Å². The lowest BCUT2D eigenvalue weighted by Gasteiger charge is -2.34. The van der Waals surface area contributed by atoms with Gasteiger partial charge in [0.15, 0.2) is 8.07 Å². The summed E-state index contributed by atoms with van der Waals surface area (Å²) in [5, 5.41) is 9.19. The predicted molar refractivity (Wildman–Crippen MR) is 184 cm³/mol. The average molecular weight is 570 g/mol. The lowest BCUT2D eigenvalue weighted by Crippen LogP contribution is -2.74. The fourth-order valence-electron chi connectivity index (χ4n) is 6.55. The number of aromatic nitrogens is 1. The minimum Gasteiger partial charge on any atom is -0.246 e. The molecule has 8 aromatic rings. The van der Waals surface area contributed by atoms with E-state index in [0.29, 0.717) is 0 Å². The van der Waals surface area contributed by atoms with Crippen molar-refractivity contribution in [3.05, 3.63) is 164 Å². The van der Waals surface area contributed by atoms with Crippen molar-refractivity contribution in [2.45, 2.75) is 0 Å². The van der Waals surface area contributed by atoms with Crippen LogP contribution in [-0.2, 0) is 0 Å². The molecular formula is C39H27NSSi. The first-order chi connectivity index (χ1) is 20.8. The topological polar surface area (TPSA) is 12.9 Å². The van der Waals surface area contributed by atoms with Gasteiger partial charge in [0.1, 0.15) is 0 Å². The first kappa shape index (κ1) is 24.9. The molecule has 8 rings (SSSR count). The van der Waals surface area contributed by atoms with E-state index in [2.05, 4.69) is 164 Å². The van der Waals surface area contributed by atoms with Crippen LogP contribution in [0.15, 0.2) is 164 Å². The third-order valence-corrected chi connectivity index (χ3v) is 14.4. The second kappa shape index (κ2) is 10.2. The number of thiophene rings is 1. The van der Waals surface area contributed by atoms with Crippen molar-refractivity contribution in [1.29, 1.82) is 0 Å². The summed E-state index contributed by atoms with van der Waals surface area (Å²) < 4.78 is 2.54. The van der Waals surface area contributed by atoms with Gasteiger partial charge in [-0.2, -0.15) is 0 Å². The number of fused-ring (bicyclic) bond motifs is 5. The summed E-state index contributed by atoms with van der Waals surface area (Å²) in [6, 6.07) is 59.9. The third-order valence-electron chi connectivity index (χ3n) is 8.43. The van der Waals surface area contributed by atoms with Gasteiger partial charge in [-0.1, -0.05) is 158 Å². The lowest BCUT2D eigenvalue weighted by molar-refractivity contribution is 1.45. The van der Waals surface area contributed by atoms with Crippen LogP contribution in [0.1, 0.15) is 0 Å². The number of pyridine rings is 1. The molecule has 0 aliphatic heterocycles.